The number of methoxy groups -OCH3 is 2. The van der Waals surface area contributed by atoms with E-state index in [4.69, 9.17) is 15.2 Å². The van der Waals surface area contributed by atoms with E-state index in [1.54, 1.807) is 31.2 Å². The Morgan fingerprint density at radius 2 is 1.90 bits per heavy atom. The number of aliphatic hydroxyl groups is 1. The summed E-state index contributed by atoms with van der Waals surface area (Å²) >= 11 is 0. The van der Waals surface area contributed by atoms with Gasteiger partial charge in [-0.15, -0.1) is 6.58 Å². The topological polar surface area (TPSA) is 157 Å². The number of ether oxygens (including phenoxy) is 2. The molecule has 2 bridgehead atoms. The van der Waals surface area contributed by atoms with Crippen molar-refractivity contribution < 1.29 is 33.8 Å². The number of nitrogens with one attached hydrogen (secondary N) is 2. The molecule has 0 unspecified atom stereocenters. The fourth-order valence-corrected chi connectivity index (χ4v) is 5.26. The molecule has 0 saturated heterocycles. The second kappa shape index (κ2) is 16.1. The highest BCUT2D eigenvalue weighted by atomic mass is 16.5. The minimum Gasteiger partial charge on any atom is -0.390 e. The summed E-state index contributed by atoms with van der Waals surface area (Å²) in [5.41, 5.74) is 6.96. The first kappa shape index (κ1) is 34.6. The van der Waals surface area contributed by atoms with Crippen molar-refractivity contribution in [3.05, 3.63) is 71.1 Å². The molecule has 1 heterocycles. The number of carbonyl (C=O) groups is 4. The van der Waals surface area contributed by atoms with Crippen LogP contribution in [0.4, 0.5) is 0 Å². The number of rotatable bonds is 7. The molecule has 0 spiro atoms. The van der Waals surface area contributed by atoms with Gasteiger partial charge in [-0.1, -0.05) is 49.8 Å². The lowest BCUT2D eigenvalue weighted by Gasteiger charge is -2.30. The van der Waals surface area contributed by atoms with Gasteiger partial charge >= 0.3 is 0 Å². The summed E-state index contributed by atoms with van der Waals surface area (Å²) in [4.78, 5) is 51.5. The molecule has 2 aliphatic rings. The molecule has 0 aromatic heterocycles. The molecule has 0 saturated carbocycles. The molecule has 230 valence electrons. The van der Waals surface area contributed by atoms with Crippen molar-refractivity contribution in [3.63, 3.8) is 0 Å². The van der Waals surface area contributed by atoms with Crippen LogP contribution >= 0.6 is 0 Å². The highest BCUT2D eigenvalue weighted by Gasteiger charge is 2.33. The predicted octanol–water partition coefficient (Wildman–Crippen LogP) is 2.57. The average molecular weight is 584 g/mol. The standard InChI is InChI=1S/C32H45N3O7/c1-8-12-34-29-23-13-18(2)14-27(42-7)30(38)21(5)15-20(4)22(16-28(33)37)26(41-6)11-9-10-19(3)32(40)35-24(31(23)39)17-25(29)36/h8-11,15,17-18,21-22,26-27,30,34,38H,1,12-14,16H2,2-7H3,(H2,33,37)(H,35,40)/b11-9-,19-10+,20-15+/t18-,21+,22+,26+,27+,30-/m1/s1. The van der Waals surface area contributed by atoms with Crippen molar-refractivity contribution >= 4 is 23.4 Å². The number of primary amides is 1. The number of amides is 2. The minimum absolute atomic E-state index is 0.0174. The van der Waals surface area contributed by atoms with E-state index in [1.165, 1.54) is 14.2 Å². The zero-order valence-electron chi connectivity index (χ0n) is 25.4. The van der Waals surface area contributed by atoms with E-state index >= 15 is 0 Å². The van der Waals surface area contributed by atoms with Gasteiger partial charge in [0.2, 0.25) is 17.5 Å². The molecule has 10 heteroatoms. The van der Waals surface area contributed by atoms with Gasteiger partial charge in [0, 0.05) is 56.2 Å². The van der Waals surface area contributed by atoms with Gasteiger partial charge in [-0.3, -0.25) is 19.2 Å². The van der Waals surface area contributed by atoms with Crippen molar-refractivity contribution in [2.24, 2.45) is 23.5 Å². The van der Waals surface area contributed by atoms with Crippen LogP contribution in [0.5, 0.6) is 0 Å². The first-order chi connectivity index (χ1) is 19.8. The van der Waals surface area contributed by atoms with Crippen molar-refractivity contribution in [2.75, 3.05) is 20.8 Å². The predicted molar refractivity (Wildman–Crippen MR) is 161 cm³/mol. The Labute approximate surface area is 248 Å². The van der Waals surface area contributed by atoms with E-state index in [9.17, 15) is 24.3 Å². The van der Waals surface area contributed by atoms with Crippen molar-refractivity contribution in [2.45, 2.75) is 65.3 Å². The van der Waals surface area contributed by atoms with Crippen molar-refractivity contribution in [1.29, 1.82) is 0 Å². The number of allylic oxidation sites excluding steroid dienone is 4. The van der Waals surface area contributed by atoms with Crippen LogP contribution in [0.3, 0.4) is 0 Å². The van der Waals surface area contributed by atoms with Gasteiger partial charge in [0.1, 0.15) is 0 Å². The summed E-state index contributed by atoms with van der Waals surface area (Å²) in [6.07, 6.45) is 8.05. The molecule has 42 heavy (non-hydrogen) atoms. The van der Waals surface area contributed by atoms with Crippen LogP contribution in [0.1, 0.15) is 47.0 Å². The Bertz CT molecular complexity index is 1210. The summed E-state index contributed by atoms with van der Waals surface area (Å²) in [6.45, 7) is 11.1. The lowest BCUT2D eigenvalue weighted by molar-refractivity contribution is -0.120. The Morgan fingerprint density at radius 1 is 1.21 bits per heavy atom. The van der Waals surface area contributed by atoms with Crippen LogP contribution in [-0.4, -0.2) is 67.6 Å². The quantitative estimate of drug-likeness (QED) is 0.263. The molecule has 6 atom stereocenters. The summed E-state index contributed by atoms with van der Waals surface area (Å²) in [5.74, 6) is -2.89. The van der Waals surface area contributed by atoms with Crippen molar-refractivity contribution in [3.8, 4) is 0 Å². The highest BCUT2D eigenvalue weighted by Crippen LogP contribution is 2.29. The molecular formula is C32H45N3O7. The Balaban J connectivity index is 2.62. The third-order valence-corrected chi connectivity index (χ3v) is 7.63. The van der Waals surface area contributed by atoms with E-state index in [-0.39, 0.29) is 53.8 Å². The number of carbonyl (C=O) groups excluding carboxylic acids is 4. The average Bonchev–Trinajstić information content (AvgIpc) is 2.94. The van der Waals surface area contributed by atoms with Gasteiger partial charge in [-0.05, 0) is 32.6 Å². The molecule has 0 radical (unpaired) electrons. The smallest absolute Gasteiger partial charge is 0.251 e. The number of nitrogens with two attached hydrogens (primary N) is 1. The molecule has 5 N–H and O–H groups in total. The Kier molecular flexibility index (Phi) is 13.3. The first-order valence-corrected chi connectivity index (χ1v) is 14.1. The normalized spacial score (nSPS) is 31.7. The number of fused-ring (bicyclic) bond motifs is 2. The summed E-state index contributed by atoms with van der Waals surface area (Å²) < 4.78 is 11.3. The van der Waals surface area contributed by atoms with E-state index in [0.717, 1.165) is 11.6 Å². The molecule has 0 aromatic carbocycles. The highest BCUT2D eigenvalue weighted by molar-refractivity contribution is 6.23. The summed E-state index contributed by atoms with van der Waals surface area (Å²) in [5, 5.41) is 16.8. The van der Waals surface area contributed by atoms with Crippen LogP contribution in [0, 0.1) is 17.8 Å². The number of hydrogen-bond donors (Lipinski definition) is 4. The summed E-state index contributed by atoms with van der Waals surface area (Å²) in [6, 6.07) is 0. The monoisotopic (exact) mass is 583 g/mol. The van der Waals surface area contributed by atoms with Crippen LogP contribution in [-0.2, 0) is 28.7 Å². The maximum absolute atomic E-state index is 13.6. The largest absolute Gasteiger partial charge is 0.390 e. The van der Waals surface area contributed by atoms with E-state index < -0.39 is 47.6 Å². The maximum Gasteiger partial charge on any atom is 0.251 e. The van der Waals surface area contributed by atoms with Crippen molar-refractivity contribution in [1.82, 2.24) is 10.6 Å². The second-order valence-corrected chi connectivity index (χ2v) is 11.0. The second-order valence-electron chi connectivity index (χ2n) is 11.0. The zero-order valence-corrected chi connectivity index (χ0v) is 25.4. The zero-order chi connectivity index (χ0) is 31.6. The van der Waals surface area contributed by atoms with Gasteiger partial charge in [0.25, 0.3) is 5.91 Å². The van der Waals surface area contributed by atoms with Crippen LogP contribution in [0.15, 0.2) is 71.1 Å². The summed E-state index contributed by atoms with van der Waals surface area (Å²) in [7, 11) is 3.02. The lowest BCUT2D eigenvalue weighted by atomic mass is 9.84. The third kappa shape index (κ3) is 9.20. The number of Topliss-reactive ketones (excluding diaryl/α,β-unsaturated/α-hetero) is 1. The fraction of sp³-hybridized carbons (Fsp3) is 0.500. The SMILES string of the molecule is C=CCNC1=C2C[C@@H](C)C[C@H](OC)[C@H](O)[C@@H](C)/C=C(\C)[C@H](CC(N)=O)[C@@H](OC)/C=C\C=C(/C)C(=O)NC(=CC1=O)C2=O. The van der Waals surface area contributed by atoms with Gasteiger partial charge < -0.3 is 30.9 Å². The third-order valence-electron chi connectivity index (χ3n) is 7.63. The molecule has 1 aliphatic carbocycles. The van der Waals surface area contributed by atoms with Crippen LogP contribution in [0.25, 0.3) is 0 Å². The van der Waals surface area contributed by atoms with Crippen LogP contribution < -0.4 is 16.4 Å². The molecule has 0 fully saturated rings. The maximum atomic E-state index is 13.6. The molecule has 2 amide bonds. The van der Waals surface area contributed by atoms with Gasteiger partial charge in [0.15, 0.2) is 0 Å². The molecule has 2 rings (SSSR count). The van der Waals surface area contributed by atoms with E-state index in [0.29, 0.717) is 6.42 Å². The first-order valence-electron chi connectivity index (χ1n) is 14.1. The number of hydrogen-bond acceptors (Lipinski definition) is 8. The molecule has 0 aromatic rings. The van der Waals surface area contributed by atoms with E-state index in [2.05, 4.69) is 17.2 Å². The number of aliphatic hydroxyl groups excluding tert-OH is 1. The number of ketones is 2. The molecular weight excluding hydrogens is 538 g/mol. The lowest BCUT2D eigenvalue weighted by Crippen LogP contribution is -2.37. The Hall–Kier alpha value is -3.60. The van der Waals surface area contributed by atoms with E-state index in [1.807, 2.05) is 26.8 Å². The van der Waals surface area contributed by atoms with Gasteiger partial charge in [-0.2, -0.15) is 0 Å². The minimum atomic E-state index is -0.906. The van der Waals surface area contributed by atoms with Crippen LogP contribution in [0.2, 0.25) is 0 Å². The molecule has 1 aliphatic heterocycles. The Morgan fingerprint density at radius 3 is 2.50 bits per heavy atom. The van der Waals surface area contributed by atoms with Gasteiger partial charge in [-0.25, -0.2) is 0 Å². The fourth-order valence-electron chi connectivity index (χ4n) is 5.26. The van der Waals surface area contributed by atoms with Gasteiger partial charge in [0.05, 0.1) is 29.7 Å². The molecule has 10 nitrogen and oxygen atoms in total.